The Bertz CT molecular complexity index is 859. The molecule has 154 valence electrons. The van der Waals surface area contributed by atoms with E-state index in [4.69, 9.17) is 4.74 Å². The lowest BCUT2D eigenvalue weighted by molar-refractivity contribution is -0.129. The number of allylic oxidation sites excluding steroid dienone is 3. The maximum Gasteiger partial charge on any atom is 0.350 e. The highest BCUT2D eigenvalue weighted by atomic mass is 35.5. The van der Waals surface area contributed by atoms with Gasteiger partial charge >= 0.3 is 6.03 Å². The smallest absolute Gasteiger partial charge is 0.350 e. The van der Waals surface area contributed by atoms with Crippen molar-refractivity contribution in [1.29, 1.82) is 0 Å². The standard InChI is InChI=1S/C21H24N4O3.ClH/c1-28-19-9-5-4-8-18(19)24-13-10-23(11-14-24)12-15-25-20(26)16-6-2-3-7-17(16)22-21(25)27;/h2-9,16H,10-15H2,1H3;1H. The SMILES string of the molecule is COc1ccccc1N1CCN(CCN2C(=O)N=C3C=CC=CC3C2=O)CC1.Cl. The maximum absolute atomic E-state index is 12.6. The van der Waals surface area contributed by atoms with Crippen molar-refractivity contribution in [3.63, 3.8) is 0 Å². The summed E-state index contributed by atoms with van der Waals surface area (Å²) in [5.74, 6) is 0.275. The molecule has 2 aliphatic heterocycles. The van der Waals surface area contributed by atoms with Crippen LogP contribution in [0.25, 0.3) is 0 Å². The average Bonchev–Trinajstić information content (AvgIpc) is 2.74. The van der Waals surface area contributed by atoms with E-state index in [0.29, 0.717) is 18.8 Å². The first-order valence-corrected chi connectivity index (χ1v) is 9.56. The van der Waals surface area contributed by atoms with E-state index in [2.05, 4.69) is 20.9 Å². The van der Waals surface area contributed by atoms with E-state index in [1.54, 1.807) is 25.3 Å². The van der Waals surface area contributed by atoms with Gasteiger partial charge in [-0.3, -0.25) is 14.6 Å². The Balaban J connectivity index is 0.00000240. The van der Waals surface area contributed by atoms with Gasteiger partial charge in [0.2, 0.25) is 5.91 Å². The molecule has 0 saturated carbocycles. The molecule has 8 heteroatoms. The van der Waals surface area contributed by atoms with Gasteiger partial charge in [-0.15, -0.1) is 12.4 Å². The largest absolute Gasteiger partial charge is 0.495 e. The number of ether oxygens (including phenoxy) is 1. The summed E-state index contributed by atoms with van der Waals surface area (Å²) in [6, 6.07) is 7.57. The highest BCUT2D eigenvalue weighted by Crippen LogP contribution is 2.28. The quantitative estimate of drug-likeness (QED) is 0.737. The van der Waals surface area contributed by atoms with Crippen molar-refractivity contribution in [2.24, 2.45) is 10.9 Å². The molecule has 1 aliphatic carbocycles. The number of anilines is 1. The molecule has 29 heavy (non-hydrogen) atoms. The van der Waals surface area contributed by atoms with Crippen LogP contribution in [0.3, 0.4) is 0 Å². The Morgan fingerprint density at radius 3 is 2.59 bits per heavy atom. The minimum Gasteiger partial charge on any atom is -0.495 e. The third kappa shape index (κ3) is 4.36. The summed E-state index contributed by atoms with van der Waals surface area (Å²) in [7, 11) is 1.69. The van der Waals surface area contributed by atoms with Gasteiger partial charge in [0, 0.05) is 39.3 Å². The Labute approximate surface area is 176 Å². The monoisotopic (exact) mass is 416 g/mol. The van der Waals surface area contributed by atoms with Gasteiger partial charge in [0.15, 0.2) is 0 Å². The molecule has 1 aromatic rings. The third-order valence-corrected chi connectivity index (χ3v) is 5.43. The van der Waals surface area contributed by atoms with Gasteiger partial charge in [-0.1, -0.05) is 30.4 Å². The number of imide groups is 1. The molecule has 2 heterocycles. The number of rotatable bonds is 5. The van der Waals surface area contributed by atoms with Gasteiger partial charge in [0.25, 0.3) is 0 Å². The average molecular weight is 417 g/mol. The third-order valence-electron chi connectivity index (χ3n) is 5.43. The maximum atomic E-state index is 12.6. The van der Waals surface area contributed by atoms with Crippen LogP contribution in [0, 0.1) is 5.92 Å². The van der Waals surface area contributed by atoms with Gasteiger partial charge < -0.3 is 9.64 Å². The Kier molecular flexibility index (Phi) is 6.71. The predicted molar refractivity (Wildman–Crippen MR) is 115 cm³/mol. The van der Waals surface area contributed by atoms with Gasteiger partial charge in [-0.2, -0.15) is 4.99 Å². The van der Waals surface area contributed by atoms with Crippen molar-refractivity contribution in [2.45, 2.75) is 0 Å². The summed E-state index contributed by atoms with van der Waals surface area (Å²) in [5.41, 5.74) is 1.64. The summed E-state index contributed by atoms with van der Waals surface area (Å²) in [6.07, 6.45) is 7.15. The first-order valence-electron chi connectivity index (χ1n) is 9.56. The van der Waals surface area contributed by atoms with E-state index >= 15 is 0 Å². The van der Waals surface area contributed by atoms with Crippen molar-refractivity contribution < 1.29 is 14.3 Å². The fourth-order valence-electron chi connectivity index (χ4n) is 3.83. The summed E-state index contributed by atoms with van der Waals surface area (Å²) in [4.78, 5) is 34.9. The summed E-state index contributed by atoms with van der Waals surface area (Å²) < 4.78 is 5.46. The second-order valence-electron chi connectivity index (χ2n) is 7.03. The first-order chi connectivity index (χ1) is 13.7. The molecule has 1 atom stereocenters. The number of hydrogen-bond donors (Lipinski definition) is 0. The zero-order valence-electron chi connectivity index (χ0n) is 16.4. The number of methoxy groups -OCH3 is 1. The number of hydrogen-bond acceptors (Lipinski definition) is 5. The molecule has 0 bridgehead atoms. The van der Waals surface area contributed by atoms with Gasteiger partial charge in [0.1, 0.15) is 5.75 Å². The van der Waals surface area contributed by atoms with Gasteiger partial charge in [-0.25, -0.2) is 4.79 Å². The number of urea groups is 1. The molecule has 3 aliphatic rings. The first kappa shape index (κ1) is 21.1. The molecule has 1 unspecified atom stereocenters. The second-order valence-corrected chi connectivity index (χ2v) is 7.03. The van der Waals surface area contributed by atoms with E-state index in [0.717, 1.165) is 37.6 Å². The lowest BCUT2D eigenvalue weighted by Crippen LogP contribution is -2.52. The lowest BCUT2D eigenvalue weighted by atomic mass is 9.95. The predicted octanol–water partition coefficient (Wildman–Crippen LogP) is 2.38. The topological polar surface area (TPSA) is 65.5 Å². The van der Waals surface area contributed by atoms with Crippen molar-refractivity contribution in [3.8, 4) is 5.75 Å². The number of benzene rings is 1. The van der Waals surface area contributed by atoms with E-state index in [9.17, 15) is 9.59 Å². The summed E-state index contributed by atoms with van der Waals surface area (Å²) >= 11 is 0. The number of halogens is 1. The van der Waals surface area contributed by atoms with Crippen LogP contribution in [0.1, 0.15) is 0 Å². The fourth-order valence-corrected chi connectivity index (χ4v) is 3.83. The molecular formula is C21H25ClN4O3. The van der Waals surface area contributed by atoms with E-state index in [1.807, 2.05) is 24.3 Å². The zero-order chi connectivity index (χ0) is 19.5. The number of carbonyl (C=O) groups excluding carboxylic acids is 2. The van der Waals surface area contributed by atoms with Gasteiger partial charge in [-0.05, 0) is 18.2 Å². The Morgan fingerprint density at radius 1 is 1.07 bits per heavy atom. The molecule has 3 amide bonds. The number of fused-ring (bicyclic) bond motifs is 1. The minimum atomic E-state index is -0.455. The van der Waals surface area contributed by atoms with Crippen LogP contribution in [-0.4, -0.2) is 73.8 Å². The van der Waals surface area contributed by atoms with Crippen LogP contribution in [-0.2, 0) is 4.79 Å². The molecule has 1 saturated heterocycles. The molecule has 0 N–H and O–H groups in total. The molecule has 1 fully saturated rings. The highest BCUT2D eigenvalue weighted by molar-refractivity contribution is 6.21. The summed E-state index contributed by atoms with van der Waals surface area (Å²) in [5, 5.41) is 0. The summed E-state index contributed by atoms with van der Waals surface area (Å²) in [6.45, 7) is 4.52. The number of carbonyl (C=O) groups is 2. The fraction of sp³-hybridized carbons (Fsp3) is 0.381. The number of piperazine rings is 1. The lowest BCUT2D eigenvalue weighted by Gasteiger charge is -2.37. The van der Waals surface area contributed by atoms with E-state index in [-0.39, 0.29) is 18.3 Å². The molecule has 0 radical (unpaired) electrons. The van der Waals surface area contributed by atoms with Crippen molar-refractivity contribution in [2.75, 3.05) is 51.3 Å². The normalized spacial score (nSPS) is 21.6. The molecule has 4 rings (SSSR count). The Morgan fingerprint density at radius 2 is 1.83 bits per heavy atom. The van der Waals surface area contributed by atoms with Crippen LogP contribution in [0.5, 0.6) is 5.75 Å². The number of nitrogens with zero attached hydrogens (tertiary/aromatic N) is 4. The van der Waals surface area contributed by atoms with Crippen LogP contribution in [0.2, 0.25) is 0 Å². The van der Waals surface area contributed by atoms with Crippen LogP contribution >= 0.6 is 12.4 Å². The van der Waals surface area contributed by atoms with Crippen LogP contribution in [0.4, 0.5) is 10.5 Å². The Hall–Kier alpha value is -2.64. The molecule has 1 aromatic carbocycles. The van der Waals surface area contributed by atoms with Crippen molar-refractivity contribution >= 4 is 35.7 Å². The van der Waals surface area contributed by atoms with E-state index < -0.39 is 11.9 Å². The van der Waals surface area contributed by atoms with Crippen molar-refractivity contribution in [3.05, 3.63) is 48.6 Å². The molecule has 0 aromatic heterocycles. The highest BCUT2D eigenvalue weighted by Gasteiger charge is 2.35. The van der Waals surface area contributed by atoms with Crippen molar-refractivity contribution in [1.82, 2.24) is 9.80 Å². The van der Waals surface area contributed by atoms with Crippen LogP contribution in [0.15, 0.2) is 53.6 Å². The number of aliphatic imine (C=N–C) groups is 1. The second kappa shape index (κ2) is 9.24. The molecule has 7 nitrogen and oxygen atoms in total. The number of para-hydroxylation sites is 2. The minimum absolute atomic E-state index is 0. The van der Waals surface area contributed by atoms with Crippen LogP contribution < -0.4 is 9.64 Å². The molecular weight excluding hydrogens is 392 g/mol. The zero-order valence-corrected chi connectivity index (χ0v) is 17.2. The number of amides is 3. The van der Waals surface area contributed by atoms with Gasteiger partial charge in [0.05, 0.1) is 24.4 Å². The van der Waals surface area contributed by atoms with E-state index in [1.165, 1.54) is 4.90 Å². The molecule has 0 spiro atoms.